The molecule has 32 heavy (non-hydrogen) atoms. The van der Waals surface area contributed by atoms with Gasteiger partial charge in [0.2, 0.25) is 0 Å². The minimum Gasteiger partial charge on any atom is -0.414 e. The Kier molecular flexibility index (Phi) is 10.3. The maximum Gasteiger partial charge on any atom is 0.193 e. The van der Waals surface area contributed by atoms with Crippen LogP contribution < -0.4 is 0 Å². The third-order valence-electron chi connectivity index (χ3n) is 7.35. The summed E-state index contributed by atoms with van der Waals surface area (Å²) in [6.45, 7) is 18.2. The molecule has 0 aliphatic carbocycles. The van der Waals surface area contributed by atoms with E-state index in [2.05, 4.69) is 66.8 Å². The summed E-state index contributed by atoms with van der Waals surface area (Å²) in [6, 6.07) is 13.4. The number of benzene rings is 1. The third kappa shape index (κ3) is 7.27. The minimum atomic E-state index is -1.96. The van der Waals surface area contributed by atoms with Crippen LogP contribution >= 0.6 is 11.8 Å². The smallest absolute Gasteiger partial charge is 0.193 e. The Morgan fingerprint density at radius 2 is 1.66 bits per heavy atom. The lowest BCUT2D eigenvalue weighted by Crippen LogP contribution is -2.55. The van der Waals surface area contributed by atoms with E-state index in [-0.39, 0.29) is 22.4 Å². The summed E-state index contributed by atoms with van der Waals surface area (Å²) in [7, 11) is -3.90. The second-order valence-electron chi connectivity index (χ2n) is 10.4. The predicted molar refractivity (Wildman–Crippen MR) is 141 cm³/mol. The lowest BCUT2D eigenvalue weighted by Gasteiger charge is -2.43. The molecule has 0 N–H and O–H groups in total. The van der Waals surface area contributed by atoms with Gasteiger partial charge in [-0.1, -0.05) is 71.9 Å². The van der Waals surface area contributed by atoms with E-state index in [9.17, 15) is 4.79 Å². The summed E-state index contributed by atoms with van der Waals surface area (Å²) < 4.78 is 19.7. The maximum atomic E-state index is 13.3. The molecule has 1 aromatic carbocycles. The Morgan fingerprint density at radius 1 is 1.06 bits per heavy atom. The number of rotatable bonds is 11. The van der Waals surface area contributed by atoms with E-state index >= 15 is 0 Å². The van der Waals surface area contributed by atoms with Gasteiger partial charge in [-0.3, -0.25) is 4.79 Å². The number of hydrogen-bond donors (Lipinski definition) is 0. The summed E-state index contributed by atoms with van der Waals surface area (Å²) in [5, 5.41) is 0.109. The van der Waals surface area contributed by atoms with Crippen LogP contribution in [0.3, 0.4) is 0 Å². The van der Waals surface area contributed by atoms with E-state index in [1.807, 2.05) is 18.2 Å². The van der Waals surface area contributed by atoms with E-state index < -0.39 is 22.7 Å². The molecule has 0 aromatic heterocycles. The van der Waals surface area contributed by atoms with E-state index in [0.717, 1.165) is 23.9 Å². The lowest BCUT2D eigenvalue weighted by atomic mass is 10.0. The molecule has 0 radical (unpaired) electrons. The van der Waals surface area contributed by atoms with Crippen LogP contribution in [-0.2, 0) is 24.1 Å². The van der Waals surface area contributed by atoms with Crippen molar-refractivity contribution >= 4 is 34.2 Å². The number of ether oxygens (including phenoxy) is 1. The average molecular weight is 497 g/mol. The zero-order chi connectivity index (χ0) is 24.0. The molecule has 1 saturated heterocycles. The van der Waals surface area contributed by atoms with Gasteiger partial charge in [-0.25, -0.2) is 0 Å². The normalized spacial score (nSPS) is 22.9. The molecule has 1 aliphatic heterocycles. The van der Waals surface area contributed by atoms with Crippen molar-refractivity contribution in [2.75, 3.05) is 6.61 Å². The lowest BCUT2D eigenvalue weighted by molar-refractivity contribution is -0.151. The van der Waals surface area contributed by atoms with Crippen LogP contribution in [-0.4, -0.2) is 46.7 Å². The Bertz CT molecular complexity index is 708. The molecule has 3 atom stereocenters. The highest BCUT2D eigenvalue weighted by molar-refractivity contribution is 7.99. The first-order valence-corrected chi connectivity index (χ1v) is 18.6. The monoisotopic (exact) mass is 496 g/mol. The molecule has 1 aromatic rings. The van der Waals surface area contributed by atoms with Crippen molar-refractivity contribution in [1.82, 2.24) is 0 Å². The molecule has 0 spiro atoms. The van der Waals surface area contributed by atoms with Crippen molar-refractivity contribution < 1.29 is 18.4 Å². The van der Waals surface area contributed by atoms with Crippen molar-refractivity contribution in [3.8, 4) is 0 Å². The first-order chi connectivity index (χ1) is 15.0. The van der Waals surface area contributed by atoms with Crippen molar-refractivity contribution in [2.24, 2.45) is 0 Å². The largest absolute Gasteiger partial charge is 0.414 e. The zero-order valence-electron chi connectivity index (χ0n) is 21.4. The average Bonchev–Trinajstić information content (AvgIpc) is 2.76. The molecule has 0 saturated carbocycles. The minimum absolute atomic E-state index is 0.109. The van der Waals surface area contributed by atoms with Gasteiger partial charge in [0, 0.05) is 12.2 Å². The van der Waals surface area contributed by atoms with Gasteiger partial charge in [-0.2, -0.15) is 0 Å². The van der Waals surface area contributed by atoms with Crippen LogP contribution in [0.25, 0.3) is 0 Å². The van der Waals surface area contributed by atoms with Gasteiger partial charge in [0.25, 0.3) is 0 Å². The van der Waals surface area contributed by atoms with Crippen LogP contribution in [0.15, 0.2) is 30.3 Å². The number of hydrogen-bond acceptors (Lipinski definition) is 5. The van der Waals surface area contributed by atoms with Gasteiger partial charge in [0.15, 0.2) is 22.4 Å². The summed E-state index contributed by atoms with van der Waals surface area (Å²) in [5.41, 5.74) is 1.09. The summed E-state index contributed by atoms with van der Waals surface area (Å²) in [4.78, 5) is 13.3. The third-order valence-corrected chi connectivity index (χ3v) is 17.6. The number of Topliss-reactive ketones (excluding diaryl/α,β-unsaturated/α-hetero) is 1. The van der Waals surface area contributed by atoms with Gasteiger partial charge < -0.3 is 13.6 Å². The first kappa shape index (κ1) is 27.8. The van der Waals surface area contributed by atoms with E-state index in [0.29, 0.717) is 13.0 Å². The highest BCUT2D eigenvalue weighted by Gasteiger charge is 2.45. The number of carbonyl (C=O) groups excluding carboxylic acids is 1. The molecule has 1 heterocycles. The van der Waals surface area contributed by atoms with E-state index in [1.165, 1.54) is 5.56 Å². The van der Waals surface area contributed by atoms with Gasteiger partial charge >= 0.3 is 0 Å². The highest BCUT2D eigenvalue weighted by atomic mass is 32.2. The molecule has 0 bridgehead atoms. The first-order valence-electron chi connectivity index (χ1n) is 12.1. The fourth-order valence-electron chi connectivity index (χ4n) is 3.71. The number of carbonyl (C=O) groups is 1. The Labute approximate surface area is 202 Å². The molecule has 1 aliphatic rings. The van der Waals surface area contributed by atoms with Crippen LogP contribution in [0.4, 0.5) is 0 Å². The fraction of sp³-hybridized carbons (Fsp3) is 0.720. The van der Waals surface area contributed by atoms with Crippen LogP contribution in [0.2, 0.25) is 36.3 Å². The van der Waals surface area contributed by atoms with Crippen LogP contribution in [0, 0.1) is 0 Å². The second-order valence-corrected chi connectivity index (χ2v) is 21.1. The Hall–Kier alpha value is -0.446. The van der Waals surface area contributed by atoms with Crippen LogP contribution in [0.1, 0.15) is 53.5 Å². The molecule has 0 amide bonds. The molecule has 182 valence electrons. The van der Waals surface area contributed by atoms with Crippen LogP contribution in [0.5, 0.6) is 0 Å². The van der Waals surface area contributed by atoms with E-state index in [4.69, 9.17) is 13.6 Å². The second kappa shape index (κ2) is 11.8. The highest BCUT2D eigenvalue weighted by Crippen LogP contribution is 2.38. The standard InChI is InChI=1S/C25H44O4SSi2/c1-9-32(10-2,11-3)29-24-21(26)17-23(30-19-20-15-13-12-14-16-20)28-22(24)18-27-31(7,8)25(4,5)6/h12-16,22-24H,9-11,17-19H2,1-8H3/t22-,23-,24+/m1/s1. The van der Waals surface area contributed by atoms with Crippen molar-refractivity contribution in [3.63, 3.8) is 0 Å². The molecular weight excluding hydrogens is 453 g/mol. The van der Waals surface area contributed by atoms with Gasteiger partial charge in [-0.15, -0.1) is 11.8 Å². The summed E-state index contributed by atoms with van der Waals surface area (Å²) in [6.07, 6.45) is -0.435. The fourth-order valence-corrected chi connectivity index (χ4v) is 8.62. The SMILES string of the molecule is CC[Si](CC)(CC)O[C@H]1C(=O)C[C@@H](SCc2ccccc2)O[C@@H]1CO[Si](C)(C)C(C)(C)C. The van der Waals surface area contributed by atoms with Crippen molar-refractivity contribution in [1.29, 1.82) is 0 Å². The van der Waals surface area contributed by atoms with Crippen molar-refractivity contribution in [3.05, 3.63) is 35.9 Å². The molecule has 7 heteroatoms. The predicted octanol–water partition coefficient (Wildman–Crippen LogP) is 7.02. The molecular formula is C25H44O4SSi2. The molecule has 2 rings (SSSR count). The van der Waals surface area contributed by atoms with Crippen molar-refractivity contribution in [2.45, 2.75) is 108 Å². The topological polar surface area (TPSA) is 44.8 Å². The summed E-state index contributed by atoms with van der Waals surface area (Å²) in [5.74, 6) is 1.01. The Morgan fingerprint density at radius 3 is 2.19 bits per heavy atom. The summed E-state index contributed by atoms with van der Waals surface area (Å²) >= 11 is 1.70. The van der Waals surface area contributed by atoms with Gasteiger partial charge in [0.1, 0.15) is 17.6 Å². The van der Waals surface area contributed by atoms with E-state index in [1.54, 1.807) is 11.8 Å². The molecule has 1 fully saturated rings. The maximum absolute atomic E-state index is 13.3. The van der Waals surface area contributed by atoms with Gasteiger partial charge in [0.05, 0.1) is 6.61 Å². The number of thioether (sulfide) groups is 1. The number of ketones is 1. The quantitative estimate of drug-likeness (QED) is 0.308. The van der Waals surface area contributed by atoms with Gasteiger partial charge in [-0.05, 0) is 41.8 Å². The zero-order valence-corrected chi connectivity index (χ0v) is 24.2. The Balaban J connectivity index is 2.17. The molecule has 0 unspecified atom stereocenters. The molecule has 4 nitrogen and oxygen atoms in total.